The Hall–Kier alpha value is -1.30. The molecule has 1 aromatic carbocycles. The molecule has 1 aliphatic heterocycles. The van der Waals surface area contributed by atoms with Gasteiger partial charge in [0.25, 0.3) is 0 Å². The molecular formula is C13H16FNO3. The van der Waals surface area contributed by atoms with Crippen LogP contribution in [0.4, 0.5) is 4.39 Å². The quantitative estimate of drug-likeness (QED) is 0.803. The molecule has 1 atom stereocenters. The first-order valence-corrected chi connectivity index (χ1v) is 5.92. The van der Waals surface area contributed by atoms with Gasteiger partial charge in [-0.1, -0.05) is 12.1 Å². The topological polar surface area (TPSA) is 49.8 Å². The van der Waals surface area contributed by atoms with Crippen molar-refractivity contribution in [3.63, 3.8) is 0 Å². The predicted octanol–water partition coefficient (Wildman–Crippen LogP) is 0.702. The Morgan fingerprint density at radius 2 is 2.39 bits per heavy atom. The van der Waals surface area contributed by atoms with E-state index in [1.165, 1.54) is 18.2 Å². The van der Waals surface area contributed by atoms with Crippen molar-refractivity contribution in [2.45, 2.75) is 6.10 Å². The van der Waals surface area contributed by atoms with Gasteiger partial charge in [0.1, 0.15) is 5.82 Å². The van der Waals surface area contributed by atoms with Gasteiger partial charge in [0.05, 0.1) is 25.9 Å². The Labute approximate surface area is 105 Å². The molecule has 0 amide bonds. The largest absolute Gasteiger partial charge is 0.394 e. The molecule has 4 nitrogen and oxygen atoms in total. The highest BCUT2D eigenvalue weighted by atomic mass is 19.1. The summed E-state index contributed by atoms with van der Waals surface area (Å²) in [5.74, 6) is -0.524. The van der Waals surface area contributed by atoms with Crippen LogP contribution >= 0.6 is 0 Å². The van der Waals surface area contributed by atoms with E-state index in [0.717, 1.165) is 0 Å². The van der Waals surface area contributed by atoms with Gasteiger partial charge in [0.2, 0.25) is 0 Å². The lowest BCUT2D eigenvalue weighted by Gasteiger charge is -2.31. The monoisotopic (exact) mass is 253 g/mol. The number of halogens is 1. The lowest BCUT2D eigenvalue weighted by atomic mass is 10.1. The number of ether oxygens (including phenoxy) is 1. The third-order valence-electron chi connectivity index (χ3n) is 2.94. The Kier molecular flexibility index (Phi) is 4.41. The second kappa shape index (κ2) is 6.04. The third kappa shape index (κ3) is 3.35. The highest BCUT2D eigenvalue weighted by molar-refractivity contribution is 5.97. The number of ketones is 1. The fraction of sp³-hybridized carbons (Fsp3) is 0.462. The summed E-state index contributed by atoms with van der Waals surface area (Å²) in [5.41, 5.74) is 0.377. The van der Waals surface area contributed by atoms with Crippen molar-refractivity contribution in [2.75, 3.05) is 32.8 Å². The maximum Gasteiger partial charge on any atom is 0.176 e. The number of Topliss-reactive ketones (excluding diaryl/α,β-unsaturated/α-hetero) is 1. The smallest absolute Gasteiger partial charge is 0.176 e. The number of benzene rings is 1. The van der Waals surface area contributed by atoms with Gasteiger partial charge in [-0.15, -0.1) is 0 Å². The van der Waals surface area contributed by atoms with Crippen molar-refractivity contribution < 1.29 is 19.0 Å². The summed E-state index contributed by atoms with van der Waals surface area (Å²) in [6, 6.07) is 5.69. The Morgan fingerprint density at radius 1 is 1.56 bits per heavy atom. The van der Waals surface area contributed by atoms with Gasteiger partial charge in [0.15, 0.2) is 5.78 Å². The minimum absolute atomic E-state index is 0.0509. The molecule has 1 heterocycles. The van der Waals surface area contributed by atoms with Gasteiger partial charge in [-0.2, -0.15) is 0 Å². The Morgan fingerprint density at radius 3 is 3.11 bits per heavy atom. The second-order valence-electron chi connectivity index (χ2n) is 4.34. The van der Waals surface area contributed by atoms with Gasteiger partial charge in [-0.05, 0) is 12.1 Å². The first-order valence-electron chi connectivity index (χ1n) is 5.92. The van der Waals surface area contributed by atoms with Crippen LogP contribution in [0.15, 0.2) is 24.3 Å². The number of hydrogen-bond acceptors (Lipinski definition) is 4. The lowest BCUT2D eigenvalue weighted by Crippen LogP contribution is -2.45. The minimum atomic E-state index is -0.406. The lowest BCUT2D eigenvalue weighted by molar-refractivity contribution is -0.0503. The molecule has 1 aliphatic rings. The molecule has 0 aromatic heterocycles. The van der Waals surface area contributed by atoms with Crippen LogP contribution in [-0.4, -0.2) is 54.7 Å². The normalized spacial score (nSPS) is 20.9. The van der Waals surface area contributed by atoms with E-state index < -0.39 is 5.82 Å². The third-order valence-corrected chi connectivity index (χ3v) is 2.94. The summed E-state index contributed by atoms with van der Waals surface area (Å²) in [6.07, 6.45) is -0.237. The van der Waals surface area contributed by atoms with E-state index in [0.29, 0.717) is 25.3 Å². The van der Waals surface area contributed by atoms with Gasteiger partial charge >= 0.3 is 0 Å². The number of aliphatic hydroxyl groups excluding tert-OH is 1. The standard InChI is InChI=1S/C13H16FNO3/c14-11-3-1-2-10(6-11)13(17)8-15-4-5-18-12(7-15)9-16/h1-3,6,12,16H,4-5,7-9H2. The van der Waals surface area contributed by atoms with E-state index in [1.807, 2.05) is 4.90 Å². The van der Waals surface area contributed by atoms with Gasteiger partial charge < -0.3 is 9.84 Å². The average Bonchev–Trinajstić information content (AvgIpc) is 2.39. The van der Waals surface area contributed by atoms with Crippen molar-refractivity contribution >= 4 is 5.78 Å². The first kappa shape index (κ1) is 13.1. The molecule has 1 aromatic rings. The molecule has 1 unspecified atom stereocenters. The molecule has 2 rings (SSSR count). The highest BCUT2D eigenvalue weighted by Crippen LogP contribution is 2.09. The average molecular weight is 253 g/mol. The molecule has 0 spiro atoms. The van der Waals surface area contributed by atoms with Crippen molar-refractivity contribution in [2.24, 2.45) is 0 Å². The van der Waals surface area contributed by atoms with Crippen molar-refractivity contribution in [3.05, 3.63) is 35.6 Å². The number of carbonyl (C=O) groups excluding carboxylic acids is 1. The SMILES string of the molecule is O=C(CN1CCOC(CO)C1)c1cccc(F)c1. The van der Waals surface area contributed by atoms with Gasteiger partial charge in [-0.25, -0.2) is 4.39 Å². The summed E-state index contributed by atoms with van der Waals surface area (Å²) in [6.45, 7) is 1.85. The summed E-state index contributed by atoms with van der Waals surface area (Å²) in [7, 11) is 0. The van der Waals surface area contributed by atoms with E-state index >= 15 is 0 Å². The fourth-order valence-electron chi connectivity index (χ4n) is 1.99. The summed E-state index contributed by atoms with van der Waals surface area (Å²) >= 11 is 0. The van der Waals surface area contributed by atoms with Gasteiger partial charge in [-0.3, -0.25) is 9.69 Å². The maximum absolute atomic E-state index is 13.0. The Balaban J connectivity index is 1.95. The van der Waals surface area contributed by atoms with Crippen LogP contribution in [0.1, 0.15) is 10.4 Å². The summed E-state index contributed by atoms with van der Waals surface area (Å²) in [4.78, 5) is 13.9. The molecule has 98 valence electrons. The van der Waals surface area contributed by atoms with E-state index in [2.05, 4.69) is 0 Å². The number of rotatable bonds is 4. The minimum Gasteiger partial charge on any atom is -0.394 e. The summed E-state index contributed by atoms with van der Waals surface area (Å²) in [5, 5.41) is 9.01. The number of nitrogens with zero attached hydrogens (tertiary/aromatic N) is 1. The Bertz CT molecular complexity index is 424. The van der Waals surface area contributed by atoms with Crippen LogP contribution < -0.4 is 0 Å². The van der Waals surface area contributed by atoms with Crippen LogP contribution in [0.3, 0.4) is 0 Å². The van der Waals surface area contributed by atoms with E-state index in [9.17, 15) is 9.18 Å². The maximum atomic E-state index is 13.0. The number of morpholine rings is 1. The molecule has 1 saturated heterocycles. The molecule has 5 heteroatoms. The first-order chi connectivity index (χ1) is 8.69. The van der Waals surface area contributed by atoms with Crippen LogP contribution in [0.2, 0.25) is 0 Å². The van der Waals surface area contributed by atoms with Crippen molar-refractivity contribution in [1.82, 2.24) is 4.90 Å². The zero-order valence-corrected chi connectivity index (χ0v) is 10.0. The molecule has 1 fully saturated rings. The van der Waals surface area contributed by atoms with E-state index in [4.69, 9.17) is 9.84 Å². The molecule has 0 radical (unpaired) electrons. The summed E-state index contributed by atoms with van der Waals surface area (Å²) < 4.78 is 18.3. The molecule has 0 bridgehead atoms. The molecule has 0 saturated carbocycles. The van der Waals surface area contributed by atoms with Crippen LogP contribution in [0.25, 0.3) is 0 Å². The highest BCUT2D eigenvalue weighted by Gasteiger charge is 2.21. The van der Waals surface area contributed by atoms with E-state index in [-0.39, 0.29) is 25.0 Å². The fourth-order valence-corrected chi connectivity index (χ4v) is 1.99. The molecule has 0 aliphatic carbocycles. The number of hydrogen-bond donors (Lipinski definition) is 1. The van der Waals surface area contributed by atoms with Crippen LogP contribution in [-0.2, 0) is 4.74 Å². The molecular weight excluding hydrogens is 237 g/mol. The number of aliphatic hydroxyl groups is 1. The van der Waals surface area contributed by atoms with Gasteiger partial charge in [0, 0.05) is 18.7 Å². The predicted molar refractivity (Wildman–Crippen MR) is 64.0 cm³/mol. The zero-order valence-electron chi connectivity index (χ0n) is 10.0. The zero-order chi connectivity index (χ0) is 13.0. The number of carbonyl (C=O) groups is 1. The van der Waals surface area contributed by atoms with Crippen LogP contribution in [0, 0.1) is 5.82 Å². The van der Waals surface area contributed by atoms with Crippen molar-refractivity contribution in [3.8, 4) is 0 Å². The van der Waals surface area contributed by atoms with Crippen LogP contribution in [0.5, 0.6) is 0 Å². The molecule has 1 N–H and O–H groups in total. The molecule has 18 heavy (non-hydrogen) atoms. The second-order valence-corrected chi connectivity index (χ2v) is 4.34. The van der Waals surface area contributed by atoms with Crippen molar-refractivity contribution in [1.29, 1.82) is 0 Å². The van der Waals surface area contributed by atoms with E-state index in [1.54, 1.807) is 6.07 Å².